The predicted octanol–water partition coefficient (Wildman–Crippen LogP) is 1.38. The summed E-state index contributed by atoms with van der Waals surface area (Å²) in [6.07, 6.45) is 3.02. The normalized spacial score (nSPS) is 13.1. The lowest BCUT2D eigenvalue weighted by Gasteiger charge is -2.06. The van der Waals surface area contributed by atoms with E-state index in [1.54, 1.807) is 16.3 Å². The SMILES string of the molecule is CSC(C)CCn1c(=O)[nH][nH]c1=S. The molecule has 13 heavy (non-hydrogen) atoms. The van der Waals surface area contributed by atoms with E-state index in [9.17, 15) is 4.79 Å². The van der Waals surface area contributed by atoms with Crippen LogP contribution < -0.4 is 5.69 Å². The summed E-state index contributed by atoms with van der Waals surface area (Å²) in [5.41, 5.74) is -0.154. The fourth-order valence-electron chi connectivity index (χ4n) is 0.966. The monoisotopic (exact) mass is 219 g/mol. The molecule has 1 aromatic heterocycles. The standard InChI is InChI=1S/C7H13N3OS2/c1-5(13-2)3-4-10-6(11)8-9-7(10)12/h5H,3-4H2,1-2H3,(H,8,11)(H,9,12). The lowest BCUT2D eigenvalue weighted by Crippen LogP contribution is -2.18. The minimum absolute atomic E-state index is 0.154. The molecule has 0 saturated heterocycles. The first-order chi connectivity index (χ1) is 6.15. The van der Waals surface area contributed by atoms with E-state index in [1.165, 1.54) is 0 Å². The van der Waals surface area contributed by atoms with E-state index in [0.717, 1.165) is 6.42 Å². The summed E-state index contributed by atoms with van der Waals surface area (Å²) < 4.78 is 2.01. The number of H-pyrrole nitrogens is 2. The summed E-state index contributed by atoms with van der Waals surface area (Å²) in [7, 11) is 0. The molecule has 0 aliphatic heterocycles. The van der Waals surface area contributed by atoms with Gasteiger partial charge in [-0.1, -0.05) is 6.92 Å². The van der Waals surface area contributed by atoms with Crippen molar-refractivity contribution in [2.75, 3.05) is 6.26 Å². The molecule has 6 heteroatoms. The minimum atomic E-state index is -0.154. The third-order valence-electron chi connectivity index (χ3n) is 1.93. The molecular weight excluding hydrogens is 206 g/mol. The smallest absolute Gasteiger partial charge is 0.272 e. The van der Waals surface area contributed by atoms with Gasteiger partial charge in [0, 0.05) is 11.8 Å². The van der Waals surface area contributed by atoms with E-state index >= 15 is 0 Å². The molecule has 0 aliphatic rings. The van der Waals surface area contributed by atoms with Gasteiger partial charge in [-0.3, -0.25) is 9.67 Å². The molecule has 1 rings (SSSR count). The lowest BCUT2D eigenvalue weighted by molar-refractivity contribution is 0.616. The Labute approximate surface area is 85.7 Å². The second-order valence-electron chi connectivity index (χ2n) is 2.85. The summed E-state index contributed by atoms with van der Waals surface area (Å²) in [4.78, 5) is 11.1. The van der Waals surface area contributed by atoms with E-state index < -0.39 is 0 Å². The summed E-state index contributed by atoms with van der Waals surface area (Å²) in [6, 6.07) is 0. The van der Waals surface area contributed by atoms with Gasteiger partial charge in [-0.05, 0) is 24.9 Å². The van der Waals surface area contributed by atoms with Crippen molar-refractivity contribution >= 4 is 24.0 Å². The van der Waals surface area contributed by atoms with Crippen molar-refractivity contribution in [2.45, 2.75) is 25.1 Å². The Hall–Kier alpha value is -0.490. The van der Waals surface area contributed by atoms with Crippen LogP contribution in [0.4, 0.5) is 0 Å². The van der Waals surface area contributed by atoms with Gasteiger partial charge in [0.1, 0.15) is 0 Å². The molecule has 0 saturated carbocycles. The number of nitrogens with zero attached hydrogens (tertiary/aromatic N) is 1. The number of rotatable bonds is 4. The van der Waals surface area contributed by atoms with Crippen LogP contribution in [0.3, 0.4) is 0 Å². The Bertz CT molecular complexity index is 337. The van der Waals surface area contributed by atoms with Crippen molar-refractivity contribution in [3.8, 4) is 0 Å². The van der Waals surface area contributed by atoms with Crippen molar-refractivity contribution in [1.82, 2.24) is 14.8 Å². The van der Waals surface area contributed by atoms with E-state index in [1.807, 2.05) is 0 Å². The molecule has 0 fully saturated rings. The highest BCUT2D eigenvalue weighted by Crippen LogP contribution is 2.09. The number of thioether (sulfide) groups is 1. The summed E-state index contributed by atoms with van der Waals surface area (Å²) in [5, 5.41) is 5.61. The Morgan fingerprint density at radius 1 is 1.62 bits per heavy atom. The molecule has 0 amide bonds. The van der Waals surface area contributed by atoms with Crippen molar-refractivity contribution in [3.05, 3.63) is 15.3 Å². The number of aromatic amines is 2. The average molecular weight is 219 g/mol. The van der Waals surface area contributed by atoms with Crippen LogP contribution in [0.1, 0.15) is 13.3 Å². The molecular formula is C7H13N3OS2. The van der Waals surface area contributed by atoms with Crippen LogP contribution in [0.25, 0.3) is 0 Å². The zero-order valence-electron chi connectivity index (χ0n) is 7.66. The molecule has 0 aliphatic carbocycles. The molecule has 0 aromatic carbocycles. The van der Waals surface area contributed by atoms with Crippen molar-refractivity contribution in [2.24, 2.45) is 0 Å². The zero-order valence-corrected chi connectivity index (χ0v) is 9.30. The van der Waals surface area contributed by atoms with Crippen LogP contribution in [0.2, 0.25) is 0 Å². The second-order valence-corrected chi connectivity index (χ2v) is 4.51. The van der Waals surface area contributed by atoms with Gasteiger partial charge in [0.15, 0.2) is 4.77 Å². The van der Waals surface area contributed by atoms with Gasteiger partial charge in [-0.25, -0.2) is 9.89 Å². The van der Waals surface area contributed by atoms with E-state index in [0.29, 0.717) is 16.6 Å². The van der Waals surface area contributed by atoms with Crippen LogP contribution in [0, 0.1) is 4.77 Å². The Morgan fingerprint density at radius 3 is 2.77 bits per heavy atom. The van der Waals surface area contributed by atoms with Gasteiger partial charge in [-0.2, -0.15) is 11.8 Å². The maximum atomic E-state index is 11.1. The summed E-state index contributed by atoms with van der Waals surface area (Å²) >= 11 is 6.72. The molecule has 4 nitrogen and oxygen atoms in total. The fraction of sp³-hybridized carbons (Fsp3) is 0.714. The van der Waals surface area contributed by atoms with Gasteiger partial charge < -0.3 is 0 Å². The molecule has 1 heterocycles. The average Bonchev–Trinajstić information content (AvgIpc) is 2.43. The number of hydrogen-bond donors (Lipinski definition) is 2. The van der Waals surface area contributed by atoms with E-state index in [2.05, 4.69) is 23.4 Å². The van der Waals surface area contributed by atoms with Gasteiger partial charge in [0.05, 0.1) is 0 Å². The highest BCUT2D eigenvalue weighted by atomic mass is 32.2. The van der Waals surface area contributed by atoms with Crippen LogP contribution >= 0.6 is 24.0 Å². The first kappa shape index (κ1) is 10.6. The van der Waals surface area contributed by atoms with Crippen LogP contribution in [0.5, 0.6) is 0 Å². The zero-order chi connectivity index (χ0) is 9.84. The van der Waals surface area contributed by atoms with Gasteiger partial charge in [0.25, 0.3) is 0 Å². The van der Waals surface area contributed by atoms with Crippen molar-refractivity contribution in [3.63, 3.8) is 0 Å². The molecule has 74 valence electrons. The maximum Gasteiger partial charge on any atom is 0.342 e. The minimum Gasteiger partial charge on any atom is -0.272 e. The Kier molecular flexibility index (Phi) is 3.80. The van der Waals surface area contributed by atoms with Gasteiger partial charge >= 0.3 is 5.69 Å². The number of aromatic nitrogens is 3. The summed E-state index contributed by atoms with van der Waals surface area (Å²) in [6.45, 7) is 2.81. The highest BCUT2D eigenvalue weighted by molar-refractivity contribution is 7.99. The molecule has 0 radical (unpaired) electrons. The summed E-state index contributed by atoms with van der Waals surface area (Å²) in [5.74, 6) is 0. The maximum absolute atomic E-state index is 11.1. The van der Waals surface area contributed by atoms with Crippen molar-refractivity contribution < 1.29 is 0 Å². The highest BCUT2D eigenvalue weighted by Gasteiger charge is 2.03. The first-order valence-electron chi connectivity index (χ1n) is 4.05. The van der Waals surface area contributed by atoms with Crippen LogP contribution in [-0.2, 0) is 6.54 Å². The Balaban J connectivity index is 2.64. The molecule has 1 aromatic rings. The van der Waals surface area contributed by atoms with E-state index in [4.69, 9.17) is 12.2 Å². The predicted molar refractivity (Wildman–Crippen MR) is 57.8 cm³/mol. The lowest BCUT2D eigenvalue weighted by atomic mass is 10.3. The van der Waals surface area contributed by atoms with Crippen molar-refractivity contribution in [1.29, 1.82) is 0 Å². The molecule has 0 bridgehead atoms. The second kappa shape index (κ2) is 4.66. The molecule has 0 spiro atoms. The molecule has 2 N–H and O–H groups in total. The van der Waals surface area contributed by atoms with E-state index in [-0.39, 0.29) is 5.69 Å². The van der Waals surface area contributed by atoms with Gasteiger partial charge in [-0.15, -0.1) is 0 Å². The molecule has 1 unspecified atom stereocenters. The molecule has 1 atom stereocenters. The topological polar surface area (TPSA) is 53.6 Å². The fourth-order valence-corrected chi connectivity index (χ4v) is 1.53. The quantitative estimate of drug-likeness (QED) is 0.752. The van der Waals surface area contributed by atoms with Crippen LogP contribution in [-0.4, -0.2) is 26.3 Å². The third kappa shape index (κ3) is 2.73. The number of nitrogens with one attached hydrogen (secondary N) is 2. The van der Waals surface area contributed by atoms with Crippen LogP contribution in [0.15, 0.2) is 4.79 Å². The third-order valence-corrected chi connectivity index (χ3v) is 3.29. The largest absolute Gasteiger partial charge is 0.342 e. The first-order valence-corrected chi connectivity index (χ1v) is 5.75. The van der Waals surface area contributed by atoms with Gasteiger partial charge in [0.2, 0.25) is 0 Å². The number of hydrogen-bond acceptors (Lipinski definition) is 3. The Morgan fingerprint density at radius 2 is 2.31 bits per heavy atom.